The zero-order valence-corrected chi connectivity index (χ0v) is 12.4. The van der Waals surface area contributed by atoms with Gasteiger partial charge >= 0.3 is 5.97 Å². The highest BCUT2D eigenvalue weighted by atomic mass is 35.5. The van der Waals surface area contributed by atoms with Crippen LogP contribution in [0.3, 0.4) is 0 Å². The molecular formula is C12H10ClN3O4S. The van der Waals surface area contributed by atoms with Gasteiger partial charge in [-0.15, -0.1) is 0 Å². The molecule has 110 valence electrons. The number of benzene rings is 1. The van der Waals surface area contributed by atoms with E-state index in [4.69, 9.17) is 11.6 Å². The molecule has 0 bridgehead atoms. The van der Waals surface area contributed by atoms with Crippen LogP contribution in [0.15, 0.2) is 41.6 Å². The molecule has 9 heteroatoms. The van der Waals surface area contributed by atoms with Crippen LogP contribution in [0.4, 0.5) is 5.69 Å². The fourth-order valence-electron chi connectivity index (χ4n) is 1.50. The summed E-state index contributed by atoms with van der Waals surface area (Å²) in [6.07, 6.45) is 2.14. The maximum Gasteiger partial charge on any atom is 0.339 e. The zero-order valence-electron chi connectivity index (χ0n) is 10.8. The first-order chi connectivity index (χ1) is 9.94. The Labute approximate surface area is 126 Å². The Kier molecular flexibility index (Phi) is 4.39. The van der Waals surface area contributed by atoms with E-state index in [2.05, 4.69) is 19.4 Å². The molecule has 0 aliphatic heterocycles. The first-order valence-electron chi connectivity index (χ1n) is 5.62. The van der Waals surface area contributed by atoms with Gasteiger partial charge in [-0.05, 0) is 23.7 Å². The maximum absolute atomic E-state index is 12.2. The molecule has 1 N–H and O–H groups in total. The number of para-hydroxylation sites is 1. The van der Waals surface area contributed by atoms with Gasteiger partial charge in [0, 0.05) is 0 Å². The van der Waals surface area contributed by atoms with Crippen LogP contribution >= 0.6 is 11.6 Å². The molecule has 0 saturated carbocycles. The number of esters is 1. The third kappa shape index (κ3) is 3.47. The van der Waals surface area contributed by atoms with Gasteiger partial charge in [-0.25, -0.2) is 23.2 Å². The van der Waals surface area contributed by atoms with Crippen molar-refractivity contribution < 1.29 is 17.9 Å². The van der Waals surface area contributed by atoms with E-state index in [1.807, 2.05) is 0 Å². The van der Waals surface area contributed by atoms with Gasteiger partial charge in [0.1, 0.15) is 4.90 Å². The predicted molar refractivity (Wildman–Crippen MR) is 75.6 cm³/mol. The molecule has 0 radical (unpaired) electrons. The summed E-state index contributed by atoms with van der Waals surface area (Å²) in [6.45, 7) is 0. The second-order valence-electron chi connectivity index (χ2n) is 3.83. The Morgan fingerprint density at radius 2 is 1.86 bits per heavy atom. The van der Waals surface area contributed by atoms with Crippen LogP contribution in [-0.2, 0) is 14.8 Å². The number of rotatable bonds is 4. The van der Waals surface area contributed by atoms with Crippen molar-refractivity contribution in [2.75, 3.05) is 11.8 Å². The lowest BCUT2D eigenvalue weighted by molar-refractivity contribution is 0.0602. The molecule has 0 atom stereocenters. The van der Waals surface area contributed by atoms with Crippen molar-refractivity contribution in [1.82, 2.24) is 9.97 Å². The lowest BCUT2D eigenvalue weighted by atomic mass is 10.2. The summed E-state index contributed by atoms with van der Waals surface area (Å²) in [4.78, 5) is 18.6. The van der Waals surface area contributed by atoms with Crippen LogP contribution in [0.1, 0.15) is 10.4 Å². The number of carbonyl (C=O) groups excluding carboxylic acids is 1. The van der Waals surface area contributed by atoms with E-state index in [-0.39, 0.29) is 21.4 Å². The van der Waals surface area contributed by atoms with Crippen molar-refractivity contribution in [1.29, 1.82) is 0 Å². The van der Waals surface area contributed by atoms with Gasteiger partial charge in [0.25, 0.3) is 10.0 Å². The van der Waals surface area contributed by atoms with Crippen molar-refractivity contribution >= 4 is 33.3 Å². The number of sulfonamides is 1. The number of methoxy groups -OCH3 is 1. The van der Waals surface area contributed by atoms with Gasteiger partial charge in [0.05, 0.1) is 30.8 Å². The van der Waals surface area contributed by atoms with Crippen LogP contribution in [0, 0.1) is 0 Å². The molecule has 21 heavy (non-hydrogen) atoms. The highest BCUT2D eigenvalue weighted by Gasteiger charge is 2.19. The Morgan fingerprint density at radius 3 is 2.48 bits per heavy atom. The fraction of sp³-hybridized carbons (Fsp3) is 0.0833. The molecule has 1 heterocycles. The van der Waals surface area contributed by atoms with Crippen LogP contribution in [0.2, 0.25) is 5.28 Å². The minimum Gasteiger partial charge on any atom is -0.465 e. The minimum absolute atomic E-state index is 0.0658. The highest BCUT2D eigenvalue weighted by molar-refractivity contribution is 7.92. The Hall–Kier alpha value is -2.19. The molecule has 0 spiro atoms. The second kappa shape index (κ2) is 6.06. The number of ether oxygens (including phenoxy) is 1. The van der Waals surface area contributed by atoms with E-state index in [0.29, 0.717) is 0 Å². The number of hydrogen-bond donors (Lipinski definition) is 1. The summed E-state index contributed by atoms with van der Waals surface area (Å²) in [5, 5.41) is -0.0658. The molecule has 2 rings (SSSR count). The largest absolute Gasteiger partial charge is 0.465 e. The van der Waals surface area contributed by atoms with Gasteiger partial charge < -0.3 is 4.74 Å². The van der Waals surface area contributed by atoms with Crippen molar-refractivity contribution in [3.8, 4) is 0 Å². The predicted octanol–water partition coefficient (Wildman–Crippen LogP) is 1.72. The topological polar surface area (TPSA) is 98.2 Å². The number of halogens is 1. The van der Waals surface area contributed by atoms with Crippen LogP contribution in [0.25, 0.3) is 0 Å². The smallest absolute Gasteiger partial charge is 0.339 e. The average Bonchev–Trinajstić information content (AvgIpc) is 2.47. The average molecular weight is 328 g/mol. The third-order valence-corrected chi connectivity index (χ3v) is 4.00. The molecule has 0 aliphatic carbocycles. The van der Waals surface area contributed by atoms with Gasteiger partial charge in [-0.1, -0.05) is 12.1 Å². The molecule has 0 aliphatic rings. The number of hydrogen-bond acceptors (Lipinski definition) is 6. The summed E-state index contributed by atoms with van der Waals surface area (Å²) in [5.41, 5.74) is 0.192. The van der Waals surface area contributed by atoms with Crippen LogP contribution < -0.4 is 4.72 Å². The normalized spacial score (nSPS) is 11.0. The van der Waals surface area contributed by atoms with Crippen molar-refractivity contribution in [3.05, 3.63) is 47.5 Å². The van der Waals surface area contributed by atoms with Crippen molar-refractivity contribution in [2.24, 2.45) is 0 Å². The zero-order chi connectivity index (χ0) is 15.5. The third-order valence-electron chi connectivity index (χ3n) is 2.48. The van der Waals surface area contributed by atoms with Gasteiger partial charge in [-0.2, -0.15) is 0 Å². The van der Waals surface area contributed by atoms with Crippen molar-refractivity contribution in [2.45, 2.75) is 4.90 Å². The minimum atomic E-state index is -3.94. The van der Waals surface area contributed by atoms with E-state index in [0.717, 1.165) is 12.4 Å². The highest BCUT2D eigenvalue weighted by Crippen LogP contribution is 2.20. The number of nitrogens with zero attached hydrogens (tertiary/aromatic N) is 2. The standard InChI is InChI=1S/C12H10ClN3O4S/c1-20-11(17)9-4-2-3-5-10(9)16-21(18,19)8-6-14-12(13)15-7-8/h2-7,16H,1H3. The van der Waals surface area contributed by atoms with E-state index in [9.17, 15) is 13.2 Å². The van der Waals surface area contributed by atoms with E-state index in [1.54, 1.807) is 12.1 Å². The lowest BCUT2D eigenvalue weighted by Crippen LogP contribution is -2.16. The number of aromatic nitrogens is 2. The second-order valence-corrected chi connectivity index (χ2v) is 5.85. The molecular weight excluding hydrogens is 318 g/mol. The Balaban J connectivity index is 2.37. The van der Waals surface area contributed by atoms with Crippen LogP contribution in [0.5, 0.6) is 0 Å². The first-order valence-corrected chi connectivity index (χ1v) is 7.48. The first kappa shape index (κ1) is 15.2. The van der Waals surface area contributed by atoms with Gasteiger partial charge in [0.15, 0.2) is 0 Å². The number of carbonyl (C=O) groups is 1. The molecule has 1 aromatic heterocycles. The van der Waals surface area contributed by atoms with Crippen LogP contribution in [-0.4, -0.2) is 31.5 Å². The van der Waals surface area contributed by atoms with Gasteiger partial charge in [0.2, 0.25) is 5.28 Å². The maximum atomic E-state index is 12.2. The quantitative estimate of drug-likeness (QED) is 0.678. The fourth-order valence-corrected chi connectivity index (χ4v) is 2.57. The molecule has 7 nitrogen and oxygen atoms in total. The SMILES string of the molecule is COC(=O)c1ccccc1NS(=O)(=O)c1cnc(Cl)nc1. The van der Waals surface area contributed by atoms with Gasteiger partial charge in [-0.3, -0.25) is 4.72 Å². The van der Waals surface area contributed by atoms with E-state index < -0.39 is 16.0 Å². The number of anilines is 1. The van der Waals surface area contributed by atoms with Crippen molar-refractivity contribution in [3.63, 3.8) is 0 Å². The molecule has 0 unspecified atom stereocenters. The monoisotopic (exact) mass is 327 g/mol. The molecule has 1 aromatic carbocycles. The van der Waals surface area contributed by atoms with E-state index in [1.165, 1.54) is 19.2 Å². The summed E-state index contributed by atoms with van der Waals surface area (Å²) < 4.78 is 31.3. The molecule has 0 fully saturated rings. The lowest BCUT2D eigenvalue weighted by Gasteiger charge is -2.10. The summed E-state index contributed by atoms with van der Waals surface area (Å²) in [7, 11) is -2.73. The Morgan fingerprint density at radius 1 is 1.24 bits per heavy atom. The summed E-state index contributed by atoms with van der Waals surface area (Å²) in [5.74, 6) is -0.652. The molecule has 2 aromatic rings. The summed E-state index contributed by atoms with van der Waals surface area (Å²) in [6, 6.07) is 6.07. The van der Waals surface area contributed by atoms with E-state index >= 15 is 0 Å². The number of nitrogens with one attached hydrogen (secondary N) is 1. The molecule has 0 saturated heterocycles. The molecule has 0 amide bonds. The summed E-state index contributed by atoms with van der Waals surface area (Å²) >= 11 is 5.51. The Bertz CT molecular complexity index is 762.